The SMILES string of the molecule is COC(=O)c1ccc(CNc2ccc(OC(C)C)cc2)cc1. The third-order valence-electron chi connectivity index (χ3n) is 3.10. The van der Waals surface area contributed by atoms with E-state index >= 15 is 0 Å². The zero-order valence-electron chi connectivity index (χ0n) is 13.1. The van der Waals surface area contributed by atoms with Crippen molar-refractivity contribution in [2.75, 3.05) is 12.4 Å². The number of carbonyl (C=O) groups is 1. The van der Waals surface area contributed by atoms with E-state index in [0.29, 0.717) is 12.1 Å². The van der Waals surface area contributed by atoms with E-state index in [1.165, 1.54) is 7.11 Å². The summed E-state index contributed by atoms with van der Waals surface area (Å²) in [5.41, 5.74) is 2.67. The van der Waals surface area contributed by atoms with Crippen molar-refractivity contribution in [3.8, 4) is 5.75 Å². The zero-order valence-corrected chi connectivity index (χ0v) is 13.1. The van der Waals surface area contributed by atoms with Crippen LogP contribution in [0.15, 0.2) is 48.5 Å². The average Bonchev–Trinajstić information content (AvgIpc) is 2.53. The van der Waals surface area contributed by atoms with Crippen LogP contribution in [0, 0.1) is 0 Å². The van der Waals surface area contributed by atoms with Gasteiger partial charge < -0.3 is 14.8 Å². The second-order valence-electron chi connectivity index (χ2n) is 5.23. The molecule has 4 nitrogen and oxygen atoms in total. The molecule has 0 bridgehead atoms. The van der Waals surface area contributed by atoms with Crippen LogP contribution in [0.5, 0.6) is 5.75 Å². The van der Waals surface area contributed by atoms with Gasteiger partial charge in [0.05, 0.1) is 18.8 Å². The molecule has 0 aliphatic carbocycles. The third-order valence-corrected chi connectivity index (χ3v) is 3.10. The van der Waals surface area contributed by atoms with Gasteiger partial charge in [0.1, 0.15) is 5.75 Å². The highest BCUT2D eigenvalue weighted by molar-refractivity contribution is 5.89. The molecule has 0 aliphatic rings. The van der Waals surface area contributed by atoms with Crippen molar-refractivity contribution < 1.29 is 14.3 Å². The number of ether oxygens (including phenoxy) is 2. The minimum absolute atomic E-state index is 0.173. The summed E-state index contributed by atoms with van der Waals surface area (Å²) in [6, 6.07) is 15.2. The maximum atomic E-state index is 11.4. The van der Waals surface area contributed by atoms with Gasteiger partial charge in [-0.1, -0.05) is 12.1 Å². The molecule has 0 atom stereocenters. The summed E-state index contributed by atoms with van der Waals surface area (Å²) in [6.45, 7) is 4.69. The van der Waals surface area contributed by atoms with Crippen LogP contribution in [0.2, 0.25) is 0 Å². The quantitative estimate of drug-likeness (QED) is 0.823. The van der Waals surface area contributed by atoms with E-state index in [0.717, 1.165) is 17.0 Å². The Hall–Kier alpha value is -2.49. The summed E-state index contributed by atoms with van der Waals surface area (Å²) in [5.74, 6) is 0.545. The van der Waals surface area contributed by atoms with Gasteiger partial charge in [-0.05, 0) is 55.8 Å². The van der Waals surface area contributed by atoms with Gasteiger partial charge in [0.15, 0.2) is 0 Å². The van der Waals surface area contributed by atoms with E-state index in [4.69, 9.17) is 4.74 Å². The van der Waals surface area contributed by atoms with Gasteiger partial charge in [-0.15, -0.1) is 0 Å². The van der Waals surface area contributed by atoms with Crippen LogP contribution >= 0.6 is 0 Å². The molecule has 0 saturated carbocycles. The van der Waals surface area contributed by atoms with Crippen LogP contribution in [0.1, 0.15) is 29.8 Å². The molecule has 0 amide bonds. The van der Waals surface area contributed by atoms with Gasteiger partial charge in [-0.3, -0.25) is 0 Å². The van der Waals surface area contributed by atoms with Crippen LogP contribution in [-0.4, -0.2) is 19.2 Å². The molecule has 0 aliphatic heterocycles. The second-order valence-corrected chi connectivity index (χ2v) is 5.23. The van der Waals surface area contributed by atoms with E-state index in [1.54, 1.807) is 12.1 Å². The summed E-state index contributed by atoms with van der Waals surface area (Å²) in [4.78, 5) is 11.4. The fraction of sp³-hybridized carbons (Fsp3) is 0.278. The smallest absolute Gasteiger partial charge is 0.337 e. The normalized spacial score (nSPS) is 10.4. The van der Waals surface area contributed by atoms with Crippen LogP contribution in [0.3, 0.4) is 0 Å². The first kappa shape index (κ1) is 15.9. The summed E-state index contributed by atoms with van der Waals surface area (Å²) < 4.78 is 10.3. The number of benzene rings is 2. The summed E-state index contributed by atoms with van der Waals surface area (Å²) in [5, 5.41) is 3.33. The van der Waals surface area contributed by atoms with Crippen LogP contribution in [0.4, 0.5) is 5.69 Å². The van der Waals surface area contributed by atoms with Crippen molar-refractivity contribution in [1.29, 1.82) is 0 Å². The highest BCUT2D eigenvalue weighted by atomic mass is 16.5. The average molecular weight is 299 g/mol. The maximum absolute atomic E-state index is 11.4. The standard InChI is InChI=1S/C18H21NO3/c1-13(2)22-17-10-8-16(9-11-17)19-12-14-4-6-15(7-5-14)18(20)21-3/h4-11,13,19H,12H2,1-3H3. The molecule has 0 unspecified atom stereocenters. The fourth-order valence-corrected chi connectivity index (χ4v) is 2.00. The predicted molar refractivity (Wildman–Crippen MR) is 87.3 cm³/mol. The van der Waals surface area contributed by atoms with Gasteiger partial charge in [0.2, 0.25) is 0 Å². The van der Waals surface area contributed by atoms with Gasteiger partial charge in [-0.2, -0.15) is 0 Å². The Morgan fingerprint density at radius 3 is 2.23 bits per heavy atom. The Balaban J connectivity index is 1.91. The van der Waals surface area contributed by atoms with Crippen molar-refractivity contribution in [3.05, 3.63) is 59.7 Å². The van der Waals surface area contributed by atoms with Crippen LogP contribution in [0.25, 0.3) is 0 Å². The molecule has 0 spiro atoms. The third kappa shape index (κ3) is 4.52. The molecule has 2 aromatic rings. The number of anilines is 1. The molecule has 116 valence electrons. The zero-order chi connectivity index (χ0) is 15.9. The van der Waals surface area contributed by atoms with E-state index in [-0.39, 0.29) is 12.1 Å². The second kappa shape index (κ2) is 7.50. The lowest BCUT2D eigenvalue weighted by atomic mass is 10.1. The molecule has 1 N–H and O–H groups in total. The van der Waals surface area contributed by atoms with Crippen LogP contribution < -0.4 is 10.1 Å². The number of nitrogens with one attached hydrogen (secondary N) is 1. The van der Waals surface area contributed by atoms with Crippen LogP contribution in [-0.2, 0) is 11.3 Å². The summed E-state index contributed by atoms with van der Waals surface area (Å²) >= 11 is 0. The van der Waals surface area contributed by atoms with E-state index in [2.05, 4.69) is 10.1 Å². The van der Waals surface area contributed by atoms with E-state index in [1.807, 2.05) is 50.2 Å². The van der Waals surface area contributed by atoms with Gasteiger partial charge in [0, 0.05) is 12.2 Å². The number of hydrogen-bond acceptors (Lipinski definition) is 4. The highest BCUT2D eigenvalue weighted by Gasteiger charge is 2.04. The number of methoxy groups -OCH3 is 1. The highest BCUT2D eigenvalue weighted by Crippen LogP contribution is 2.17. The lowest BCUT2D eigenvalue weighted by Gasteiger charge is -2.11. The maximum Gasteiger partial charge on any atom is 0.337 e. The van der Waals surface area contributed by atoms with Gasteiger partial charge >= 0.3 is 5.97 Å². The predicted octanol–water partition coefficient (Wildman–Crippen LogP) is 3.87. The molecule has 2 rings (SSSR count). The molecule has 0 radical (unpaired) electrons. The number of rotatable bonds is 6. The Morgan fingerprint density at radius 2 is 1.68 bits per heavy atom. The minimum Gasteiger partial charge on any atom is -0.491 e. The monoisotopic (exact) mass is 299 g/mol. The molecule has 2 aromatic carbocycles. The van der Waals surface area contributed by atoms with E-state index < -0.39 is 0 Å². The number of hydrogen-bond donors (Lipinski definition) is 1. The fourth-order valence-electron chi connectivity index (χ4n) is 2.00. The minimum atomic E-state index is -0.319. The van der Waals surface area contributed by atoms with Gasteiger partial charge in [-0.25, -0.2) is 4.79 Å². The molecular formula is C18H21NO3. The molecule has 22 heavy (non-hydrogen) atoms. The molecular weight excluding hydrogens is 278 g/mol. The van der Waals surface area contributed by atoms with E-state index in [9.17, 15) is 4.79 Å². The Bertz CT molecular complexity index is 603. The summed E-state index contributed by atoms with van der Waals surface area (Å²) in [6.07, 6.45) is 0.173. The molecule has 0 saturated heterocycles. The topological polar surface area (TPSA) is 47.6 Å². The lowest BCUT2D eigenvalue weighted by Crippen LogP contribution is -2.05. The first-order chi connectivity index (χ1) is 10.6. The van der Waals surface area contributed by atoms with Crippen molar-refractivity contribution in [2.24, 2.45) is 0 Å². The van der Waals surface area contributed by atoms with Gasteiger partial charge in [0.25, 0.3) is 0 Å². The Kier molecular flexibility index (Phi) is 5.42. The number of carbonyl (C=O) groups excluding carboxylic acids is 1. The van der Waals surface area contributed by atoms with Crippen molar-refractivity contribution in [1.82, 2.24) is 0 Å². The van der Waals surface area contributed by atoms with Crippen molar-refractivity contribution >= 4 is 11.7 Å². The first-order valence-corrected chi connectivity index (χ1v) is 7.26. The Morgan fingerprint density at radius 1 is 1.05 bits per heavy atom. The van der Waals surface area contributed by atoms with Crippen molar-refractivity contribution in [2.45, 2.75) is 26.5 Å². The lowest BCUT2D eigenvalue weighted by molar-refractivity contribution is 0.0600. The molecule has 0 heterocycles. The number of esters is 1. The largest absolute Gasteiger partial charge is 0.491 e. The molecule has 0 aromatic heterocycles. The van der Waals surface area contributed by atoms with Crippen molar-refractivity contribution in [3.63, 3.8) is 0 Å². The molecule has 0 fully saturated rings. The Labute approximate surface area is 131 Å². The first-order valence-electron chi connectivity index (χ1n) is 7.26. The molecule has 4 heteroatoms. The summed E-state index contributed by atoms with van der Waals surface area (Å²) in [7, 11) is 1.38.